The van der Waals surface area contributed by atoms with E-state index >= 15 is 0 Å². The third-order valence-electron chi connectivity index (χ3n) is 3.51. The minimum Gasteiger partial charge on any atom is -0.352 e. The highest BCUT2D eigenvalue weighted by Gasteiger charge is 2.36. The molecule has 15 heavy (non-hydrogen) atoms. The van der Waals surface area contributed by atoms with E-state index in [4.69, 9.17) is 5.73 Å². The fourth-order valence-electron chi connectivity index (χ4n) is 2.34. The Kier molecular flexibility index (Phi) is 4.58. The maximum Gasteiger partial charge on any atom is 0.226 e. The van der Waals surface area contributed by atoms with Gasteiger partial charge in [-0.25, -0.2) is 0 Å². The van der Waals surface area contributed by atoms with E-state index in [1.54, 1.807) is 0 Å². The zero-order valence-electron chi connectivity index (χ0n) is 10.0. The Bertz CT molecular complexity index is 210. The molecule has 0 spiro atoms. The summed E-state index contributed by atoms with van der Waals surface area (Å²) < 4.78 is 0. The molecule has 0 aliphatic heterocycles. The lowest BCUT2D eigenvalue weighted by Crippen LogP contribution is -2.46. The number of hydrogen-bond donors (Lipinski definition) is 2. The second-order valence-corrected chi connectivity index (χ2v) is 4.96. The van der Waals surface area contributed by atoms with Crippen LogP contribution in [-0.4, -0.2) is 18.5 Å². The Hall–Kier alpha value is -0.570. The van der Waals surface area contributed by atoms with Gasteiger partial charge in [-0.1, -0.05) is 33.1 Å². The van der Waals surface area contributed by atoms with Crippen molar-refractivity contribution >= 4 is 5.91 Å². The van der Waals surface area contributed by atoms with E-state index in [0.29, 0.717) is 6.54 Å². The van der Waals surface area contributed by atoms with Gasteiger partial charge in [-0.05, 0) is 19.3 Å². The Morgan fingerprint density at radius 1 is 1.47 bits per heavy atom. The maximum absolute atomic E-state index is 12.0. The van der Waals surface area contributed by atoms with Gasteiger partial charge in [0, 0.05) is 18.0 Å². The van der Waals surface area contributed by atoms with Crippen LogP contribution >= 0.6 is 0 Å². The van der Waals surface area contributed by atoms with Crippen LogP contribution in [0.15, 0.2) is 0 Å². The molecule has 3 N–H and O–H groups in total. The van der Waals surface area contributed by atoms with Crippen molar-refractivity contribution in [3.05, 3.63) is 0 Å². The fraction of sp³-hybridized carbons (Fsp3) is 0.917. The second kappa shape index (κ2) is 5.50. The average molecular weight is 212 g/mol. The monoisotopic (exact) mass is 212 g/mol. The maximum atomic E-state index is 12.0. The lowest BCUT2D eigenvalue weighted by atomic mass is 9.87. The number of carbonyl (C=O) groups is 1. The number of carbonyl (C=O) groups excluding carboxylic acids is 1. The van der Waals surface area contributed by atoms with Crippen molar-refractivity contribution in [1.82, 2.24) is 5.32 Å². The third kappa shape index (κ3) is 3.20. The van der Waals surface area contributed by atoms with Gasteiger partial charge in [-0.3, -0.25) is 4.79 Å². The van der Waals surface area contributed by atoms with Gasteiger partial charge >= 0.3 is 0 Å². The van der Waals surface area contributed by atoms with Crippen LogP contribution in [0.4, 0.5) is 0 Å². The second-order valence-electron chi connectivity index (χ2n) is 4.96. The molecular formula is C12H24N2O. The summed E-state index contributed by atoms with van der Waals surface area (Å²) in [6.07, 6.45) is 6.48. The molecule has 1 aliphatic carbocycles. The number of nitrogens with one attached hydrogen (secondary N) is 1. The Labute approximate surface area is 92.8 Å². The number of hydrogen-bond acceptors (Lipinski definition) is 2. The molecule has 3 heteroatoms. The van der Waals surface area contributed by atoms with Crippen molar-refractivity contribution in [2.75, 3.05) is 6.54 Å². The van der Waals surface area contributed by atoms with Crippen LogP contribution < -0.4 is 11.1 Å². The summed E-state index contributed by atoms with van der Waals surface area (Å²) in [5, 5.41) is 3.09. The largest absolute Gasteiger partial charge is 0.352 e. The SMILES string of the molecule is CCCC(CN)NC(=O)C1(C)CCCC1. The average Bonchev–Trinajstić information content (AvgIpc) is 2.65. The molecule has 1 rings (SSSR count). The van der Waals surface area contributed by atoms with E-state index in [9.17, 15) is 4.79 Å². The molecule has 0 aromatic carbocycles. The van der Waals surface area contributed by atoms with E-state index in [1.165, 1.54) is 12.8 Å². The highest BCUT2D eigenvalue weighted by Crippen LogP contribution is 2.37. The Balaban J connectivity index is 2.45. The van der Waals surface area contributed by atoms with Gasteiger partial charge in [0.1, 0.15) is 0 Å². The molecule has 1 saturated carbocycles. The van der Waals surface area contributed by atoms with Gasteiger partial charge in [0.2, 0.25) is 5.91 Å². The first-order valence-corrected chi connectivity index (χ1v) is 6.13. The van der Waals surface area contributed by atoms with E-state index in [-0.39, 0.29) is 17.4 Å². The van der Waals surface area contributed by atoms with Crippen LogP contribution in [0.25, 0.3) is 0 Å². The molecule has 0 bridgehead atoms. The molecule has 0 aromatic rings. The van der Waals surface area contributed by atoms with E-state index in [2.05, 4.69) is 19.2 Å². The summed E-state index contributed by atoms with van der Waals surface area (Å²) in [7, 11) is 0. The summed E-state index contributed by atoms with van der Waals surface area (Å²) >= 11 is 0. The van der Waals surface area contributed by atoms with Gasteiger partial charge in [0.05, 0.1) is 0 Å². The lowest BCUT2D eigenvalue weighted by molar-refractivity contribution is -0.130. The topological polar surface area (TPSA) is 55.1 Å². The molecular weight excluding hydrogens is 188 g/mol. The summed E-state index contributed by atoms with van der Waals surface area (Å²) in [6, 6.07) is 0.167. The first-order chi connectivity index (χ1) is 7.12. The molecule has 0 radical (unpaired) electrons. The van der Waals surface area contributed by atoms with Gasteiger partial charge in [0.15, 0.2) is 0 Å². The summed E-state index contributed by atoms with van der Waals surface area (Å²) in [4.78, 5) is 12.0. The number of nitrogens with two attached hydrogens (primary N) is 1. The Morgan fingerprint density at radius 2 is 2.07 bits per heavy atom. The minimum absolute atomic E-state index is 0.124. The normalized spacial score (nSPS) is 21.3. The standard InChI is InChI=1S/C12H24N2O/c1-3-6-10(9-13)14-11(15)12(2)7-4-5-8-12/h10H,3-9,13H2,1-2H3,(H,14,15). The predicted octanol–water partition coefficient (Wildman–Crippen LogP) is 1.81. The van der Waals surface area contributed by atoms with Crippen LogP contribution in [0.5, 0.6) is 0 Å². The van der Waals surface area contributed by atoms with Gasteiger partial charge in [0.25, 0.3) is 0 Å². The van der Waals surface area contributed by atoms with Gasteiger partial charge < -0.3 is 11.1 Å². The van der Waals surface area contributed by atoms with Crippen molar-refractivity contribution in [2.24, 2.45) is 11.1 Å². The molecule has 1 atom stereocenters. The van der Waals surface area contributed by atoms with Crippen molar-refractivity contribution < 1.29 is 4.79 Å². The van der Waals surface area contributed by atoms with Crippen LogP contribution in [0, 0.1) is 5.41 Å². The molecule has 0 heterocycles. The smallest absolute Gasteiger partial charge is 0.226 e. The molecule has 0 saturated heterocycles. The van der Waals surface area contributed by atoms with Crippen molar-refractivity contribution in [3.63, 3.8) is 0 Å². The van der Waals surface area contributed by atoms with E-state index < -0.39 is 0 Å². The van der Waals surface area contributed by atoms with Crippen molar-refractivity contribution in [3.8, 4) is 0 Å². The van der Waals surface area contributed by atoms with Gasteiger partial charge in [-0.15, -0.1) is 0 Å². The third-order valence-corrected chi connectivity index (χ3v) is 3.51. The van der Waals surface area contributed by atoms with Gasteiger partial charge in [-0.2, -0.15) is 0 Å². The summed E-state index contributed by atoms with van der Waals surface area (Å²) in [5.74, 6) is 0.212. The van der Waals surface area contributed by atoms with Crippen LogP contribution in [-0.2, 0) is 4.79 Å². The highest BCUT2D eigenvalue weighted by molar-refractivity contribution is 5.82. The Morgan fingerprint density at radius 3 is 2.53 bits per heavy atom. The molecule has 1 aliphatic rings. The van der Waals surface area contributed by atoms with E-state index in [0.717, 1.165) is 25.7 Å². The molecule has 1 amide bonds. The van der Waals surface area contributed by atoms with Crippen molar-refractivity contribution in [1.29, 1.82) is 0 Å². The summed E-state index contributed by atoms with van der Waals surface area (Å²) in [5.41, 5.74) is 5.51. The lowest BCUT2D eigenvalue weighted by Gasteiger charge is -2.26. The van der Waals surface area contributed by atoms with Crippen LogP contribution in [0.1, 0.15) is 52.4 Å². The first-order valence-electron chi connectivity index (χ1n) is 6.13. The fourth-order valence-corrected chi connectivity index (χ4v) is 2.34. The number of rotatable bonds is 5. The van der Waals surface area contributed by atoms with Crippen LogP contribution in [0.3, 0.4) is 0 Å². The summed E-state index contributed by atoms with van der Waals surface area (Å²) in [6.45, 7) is 4.75. The zero-order chi connectivity index (χ0) is 11.3. The molecule has 1 fully saturated rings. The quantitative estimate of drug-likeness (QED) is 0.730. The minimum atomic E-state index is -0.124. The molecule has 0 aromatic heterocycles. The molecule has 3 nitrogen and oxygen atoms in total. The van der Waals surface area contributed by atoms with Crippen LogP contribution in [0.2, 0.25) is 0 Å². The molecule has 1 unspecified atom stereocenters. The predicted molar refractivity (Wildman–Crippen MR) is 62.5 cm³/mol. The highest BCUT2D eigenvalue weighted by atomic mass is 16.2. The van der Waals surface area contributed by atoms with Crippen molar-refractivity contribution in [2.45, 2.75) is 58.4 Å². The number of amides is 1. The first kappa shape index (κ1) is 12.5. The van der Waals surface area contributed by atoms with E-state index in [1.807, 2.05) is 0 Å². The molecule has 88 valence electrons. The zero-order valence-corrected chi connectivity index (χ0v) is 10.0.